The van der Waals surface area contributed by atoms with Crippen molar-refractivity contribution in [2.24, 2.45) is 0 Å². The zero-order chi connectivity index (χ0) is 16.9. The molecule has 5 nitrogen and oxygen atoms in total. The third-order valence-electron chi connectivity index (χ3n) is 3.99. The van der Waals surface area contributed by atoms with Gasteiger partial charge < -0.3 is 9.88 Å². The van der Waals surface area contributed by atoms with Crippen LogP contribution in [0.2, 0.25) is 5.02 Å². The highest BCUT2D eigenvalue weighted by Gasteiger charge is 2.30. The SMILES string of the molecule is CCn1c(SCC(=O)NCCc2ccc(Cl)cc2)nnc1C1CC1. The second-order valence-electron chi connectivity index (χ2n) is 5.87. The van der Waals surface area contributed by atoms with Crippen LogP contribution >= 0.6 is 23.4 Å². The second-order valence-corrected chi connectivity index (χ2v) is 7.25. The van der Waals surface area contributed by atoms with E-state index in [0.717, 1.165) is 34.5 Å². The molecular formula is C17H21ClN4OS. The van der Waals surface area contributed by atoms with Crippen molar-refractivity contribution < 1.29 is 4.79 Å². The molecule has 1 saturated carbocycles. The number of nitrogens with zero attached hydrogens (tertiary/aromatic N) is 3. The number of hydrogen-bond acceptors (Lipinski definition) is 4. The fourth-order valence-electron chi connectivity index (χ4n) is 2.53. The number of halogens is 1. The Balaban J connectivity index is 1.43. The van der Waals surface area contributed by atoms with Gasteiger partial charge >= 0.3 is 0 Å². The van der Waals surface area contributed by atoms with Gasteiger partial charge in [-0.2, -0.15) is 0 Å². The first-order valence-corrected chi connectivity index (χ1v) is 9.60. The number of carbonyl (C=O) groups is 1. The van der Waals surface area contributed by atoms with E-state index in [1.165, 1.54) is 24.6 Å². The predicted octanol–water partition coefficient (Wildman–Crippen LogP) is 3.28. The predicted molar refractivity (Wildman–Crippen MR) is 96.6 cm³/mol. The number of amides is 1. The maximum atomic E-state index is 12.0. The highest BCUT2D eigenvalue weighted by Crippen LogP contribution is 2.39. The first-order chi connectivity index (χ1) is 11.7. The summed E-state index contributed by atoms with van der Waals surface area (Å²) >= 11 is 7.31. The number of hydrogen-bond donors (Lipinski definition) is 1. The highest BCUT2D eigenvalue weighted by molar-refractivity contribution is 7.99. The summed E-state index contributed by atoms with van der Waals surface area (Å²) < 4.78 is 2.13. The van der Waals surface area contributed by atoms with Gasteiger partial charge in [-0.05, 0) is 43.9 Å². The van der Waals surface area contributed by atoms with Crippen LogP contribution in [0.3, 0.4) is 0 Å². The van der Waals surface area contributed by atoms with Crippen LogP contribution in [0, 0.1) is 0 Å². The summed E-state index contributed by atoms with van der Waals surface area (Å²) in [7, 11) is 0. The van der Waals surface area contributed by atoms with Gasteiger partial charge in [0.25, 0.3) is 0 Å². The maximum Gasteiger partial charge on any atom is 0.230 e. The highest BCUT2D eigenvalue weighted by atomic mass is 35.5. The summed E-state index contributed by atoms with van der Waals surface area (Å²) in [6.45, 7) is 3.56. The monoisotopic (exact) mass is 364 g/mol. The quantitative estimate of drug-likeness (QED) is 0.730. The van der Waals surface area contributed by atoms with Crippen molar-refractivity contribution in [2.45, 2.75) is 43.8 Å². The molecule has 1 aliphatic rings. The molecule has 0 unspecified atom stereocenters. The summed E-state index contributed by atoms with van der Waals surface area (Å²) in [5, 5.41) is 13.0. The van der Waals surface area contributed by atoms with Crippen LogP contribution in [0.15, 0.2) is 29.4 Å². The molecule has 1 aromatic carbocycles. The van der Waals surface area contributed by atoms with E-state index in [9.17, 15) is 4.79 Å². The van der Waals surface area contributed by atoms with Gasteiger partial charge in [-0.1, -0.05) is 35.5 Å². The summed E-state index contributed by atoms with van der Waals surface area (Å²) in [4.78, 5) is 12.0. The zero-order valence-corrected chi connectivity index (χ0v) is 15.2. The average Bonchev–Trinajstić information content (AvgIpc) is 3.34. The van der Waals surface area contributed by atoms with Crippen LogP contribution in [0.1, 0.15) is 37.1 Å². The zero-order valence-electron chi connectivity index (χ0n) is 13.7. The summed E-state index contributed by atoms with van der Waals surface area (Å²) in [6, 6.07) is 7.69. The minimum absolute atomic E-state index is 0.0209. The van der Waals surface area contributed by atoms with E-state index in [0.29, 0.717) is 18.2 Å². The molecule has 2 aromatic rings. The number of benzene rings is 1. The molecule has 0 radical (unpaired) electrons. The van der Waals surface area contributed by atoms with E-state index < -0.39 is 0 Å². The Kier molecular flexibility index (Phi) is 5.79. The lowest BCUT2D eigenvalue weighted by molar-refractivity contribution is -0.118. The van der Waals surface area contributed by atoms with E-state index in [-0.39, 0.29) is 5.91 Å². The summed E-state index contributed by atoms with van der Waals surface area (Å²) in [5.74, 6) is 2.03. The average molecular weight is 365 g/mol. The van der Waals surface area contributed by atoms with Gasteiger partial charge in [0.05, 0.1) is 5.75 Å². The third kappa shape index (κ3) is 4.51. The third-order valence-corrected chi connectivity index (χ3v) is 5.20. The van der Waals surface area contributed by atoms with Gasteiger partial charge in [-0.3, -0.25) is 4.79 Å². The van der Waals surface area contributed by atoms with E-state index in [1.807, 2.05) is 24.3 Å². The Hall–Kier alpha value is -1.53. The number of rotatable bonds is 8. The largest absolute Gasteiger partial charge is 0.355 e. The van der Waals surface area contributed by atoms with Crippen molar-refractivity contribution >= 4 is 29.3 Å². The molecule has 0 spiro atoms. The molecule has 1 heterocycles. The van der Waals surface area contributed by atoms with Gasteiger partial charge in [0.15, 0.2) is 5.16 Å². The smallest absolute Gasteiger partial charge is 0.230 e. The Labute approximate surface area is 151 Å². The minimum atomic E-state index is 0.0209. The summed E-state index contributed by atoms with van der Waals surface area (Å²) in [5.41, 5.74) is 1.16. The van der Waals surface area contributed by atoms with Crippen LogP contribution in [-0.4, -0.2) is 33.0 Å². The van der Waals surface area contributed by atoms with Crippen molar-refractivity contribution in [1.29, 1.82) is 0 Å². The van der Waals surface area contributed by atoms with Crippen LogP contribution in [-0.2, 0) is 17.8 Å². The van der Waals surface area contributed by atoms with Crippen LogP contribution in [0.25, 0.3) is 0 Å². The fourth-order valence-corrected chi connectivity index (χ4v) is 3.49. The lowest BCUT2D eigenvalue weighted by Crippen LogP contribution is -2.27. The van der Waals surface area contributed by atoms with Crippen LogP contribution in [0.4, 0.5) is 0 Å². The minimum Gasteiger partial charge on any atom is -0.355 e. The number of carbonyl (C=O) groups excluding carboxylic acids is 1. The molecule has 1 amide bonds. The van der Waals surface area contributed by atoms with Crippen molar-refractivity contribution in [2.75, 3.05) is 12.3 Å². The van der Waals surface area contributed by atoms with Crippen molar-refractivity contribution in [1.82, 2.24) is 20.1 Å². The first kappa shape index (κ1) is 17.3. The van der Waals surface area contributed by atoms with E-state index in [4.69, 9.17) is 11.6 Å². The van der Waals surface area contributed by atoms with Gasteiger partial charge in [0.1, 0.15) is 5.82 Å². The molecule has 0 aliphatic heterocycles. The molecule has 0 saturated heterocycles. The molecule has 1 fully saturated rings. The molecule has 1 aliphatic carbocycles. The Morgan fingerprint density at radius 3 is 2.75 bits per heavy atom. The first-order valence-electron chi connectivity index (χ1n) is 8.24. The molecule has 128 valence electrons. The Morgan fingerprint density at radius 2 is 2.08 bits per heavy atom. The molecule has 7 heteroatoms. The van der Waals surface area contributed by atoms with E-state index in [2.05, 4.69) is 27.0 Å². The molecule has 1 N–H and O–H groups in total. The second kappa shape index (κ2) is 8.03. The molecular weight excluding hydrogens is 344 g/mol. The standard InChI is InChI=1S/C17H21ClN4OS/c1-2-22-16(13-5-6-13)20-21-17(22)24-11-15(23)19-10-9-12-3-7-14(18)8-4-12/h3-4,7-8,13H,2,5-6,9-11H2,1H3,(H,19,23). The van der Waals surface area contributed by atoms with Gasteiger partial charge in [-0.25, -0.2) is 0 Å². The van der Waals surface area contributed by atoms with Gasteiger partial charge in [0, 0.05) is 24.0 Å². The van der Waals surface area contributed by atoms with Crippen molar-refractivity contribution in [3.05, 3.63) is 40.7 Å². The molecule has 3 rings (SSSR count). The Bertz CT molecular complexity index is 697. The lowest BCUT2D eigenvalue weighted by Gasteiger charge is -2.07. The Morgan fingerprint density at radius 1 is 1.33 bits per heavy atom. The number of thioether (sulfide) groups is 1. The maximum absolute atomic E-state index is 12.0. The number of nitrogens with one attached hydrogen (secondary N) is 1. The van der Waals surface area contributed by atoms with Crippen molar-refractivity contribution in [3.63, 3.8) is 0 Å². The topological polar surface area (TPSA) is 59.8 Å². The fraction of sp³-hybridized carbons (Fsp3) is 0.471. The molecule has 0 bridgehead atoms. The summed E-state index contributed by atoms with van der Waals surface area (Å²) in [6.07, 6.45) is 3.20. The lowest BCUT2D eigenvalue weighted by atomic mass is 10.1. The van der Waals surface area contributed by atoms with E-state index >= 15 is 0 Å². The molecule has 24 heavy (non-hydrogen) atoms. The van der Waals surface area contributed by atoms with Gasteiger partial charge in [-0.15, -0.1) is 10.2 Å². The molecule has 0 atom stereocenters. The van der Waals surface area contributed by atoms with Crippen molar-refractivity contribution in [3.8, 4) is 0 Å². The van der Waals surface area contributed by atoms with E-state index in [1.54, 1.807) is 0 Å². The van der Waals surface area contributed by atoms with Crippen LogP contribution < -0.4 is 5.32 Å². The normalized spacial score (nSPS) is 13.9. The molecule has 1 aromatic heterocycles. The van der Waals surface area contributed by atoms with Crippen LogP contribution in [0.5, 0.6) is 0 Å². The number of aromatic nitrogens is 3. The van der Waals surface area contributed by atoms with Gasteiger partial charge in [0.2, 0.25) is 5.91 Å².